The molecular weight excluding hydrogens is 324 g/mol. The van der Waals surface area contributed by atoms with Crippen LogP contribution in [0, 0.1) is 17.3 Å². The molecular formula is C19H16O6. The molecule has 1 aromatic heterocycles. The van der Waals surface area contributed by atoms with Gasteiger partial charge in [0.25, 0.3) is 0 Å². The van der Waals surface area contributed by atoms with Crippen molar-refractivity contribution in [1.82, 2.24) is 0 Å². The Balaban J connectivity index is 1.29. The minimum absolute atomic E-state index is 0.0864. The molecule has 6 heteroatoms. The summed E-state index contributed by atoms with van der Waals surface area (Å²) in [5.74, 6) is -1.89. The van der Waals surface area contributed by atoms with Gasteiger partial charge in [0.05, 0.1) is 12.2 Å². The molecule has 0 N–H and O–H groups in total. The molecule has 0 bridgehead atoms. The van der Waals surface area contributed by atoms with E-state index in [0.29, 0.717) is 17.6 Å². The number of carbonyl (C=O) groups is 3. The summed E-state index contributed by atoms with van der Waals surface area (Å²) in [6, 6.07) is 6.98. The van der Waals surface area contributed by atoms with E-state index in [1.54, 1.807) is 49.6 Å². The number of carbonyl (C=O) groups excluding carboxylic acids is 3. The molecule has 2 atom stereocenters. The van der Waals surface area contributed by atoms with E-state index >= 15 is 0 Å². The van der Waals surface area contributed by atoms with Crippen LogP contribution in [0.1, 0.15) is 23.7 Å². The molecule has 0 spiro atoms. The molecule has 4 rings (SSSR count). The third kappa shape index (κ3) is 2.95. The Hall–Kier alpha value is -2.89. The van der Waals surface area contributed by atoms with Gasteiger partial charge in [0.2, 0.25) is 6.79 Å². The van der Waals surface area contributed by atoms with E-state index in [1.165, 1.54) is 0 Å². The van der Waals surface area contributed by atoms with Crippen LogP contribution in [0.2, 0.25) is 0 Å². The van der Waals surface area contributed by atoms with Gasteiger partial charge in [-0.15, -0.1) is 0 Å². The SMILES string of the molecule is CC1(C(=O)OCOC(=O)C2CC2C(=O)c2ccc3occc3c2)C=C1. The minimum atomic E-state index is -0.657. The Bertz CT molecular complexity index is 900. The Morgan fingerprint density at radius 2 is 1.96 bits per heavy atom. The van der Waals surface area contributed by atoms with Crippen LogP contribution in [0.5, 0.6) is 0 Å². The zero-order chi connectivity index (χ0) is 17.6. The zero-order valence-electron chi connectivity index (χ0n) is 13.6. The Kier molecular flexibility index (Phi) is 3.49. The molecule has 0 amide bonds. The maximum Gasteiger partial charge on any atom is 0.322 e. The van der Waals surface area contributed by atoms with Crippen molar-refractivity contribution >= 4 is 28.7 Å². The van der Waals surface area contributed by atoms with Crippen molar-refractivity contribution in [1.29, 1.82) is 0 Å². The predicted octanol–water partition coefficient (Wildman–Crippen LogP) is 2.87. The fraction of sp³-hybridized carbons (Fsp3) is 0.316. The zero-order valence-corrected chi connectivity index (χ0v) is 13.6. The van der Waals surface area contributed by atoms with Crippen LogP contribution in [0.4, 0.5) is 0 Å². The second kappa shape index (κ2) is 5.58. The number of furan rings is 1. The van der Waals surface area contributed by atoms with E-state index in [0.717, 1.165) is 5.39 Å². The molecule has 1 aromatic carbocycles. The first-order valence-corrected chi connectivity index (χ1v) is 8.04. The number of fused-ring (bicyclic) bond motifs is 1. The predicted molar refractivity (Wildman–Crippen MR) is 86.4 cm³/mol. The smallest absolute Gasteiger partial charge is 0.322 e. The maximum absolute atomic E-state index is 12.5. The average molecular weight is 340 g/mol. The molecule has 0 saturated heterocycles. The van der Waals surface area contributed by atoms with Gasteiger partial charge in [0.15, 0.2) is 5.78 Å². The fourth-order valence-electron chi connectivity index (χ4n) is 2.74. The summed E-state index contributed by atoms with van der Waals surface area (Å²) >= 11 is 0. The van der Waals surface area contributed by atoms with Crippen LogP contribution in [0.15, 0.2) is 47.1 Å². The molecule has 1 heterocycles. The number of esters is 2. The van der Waals surface area contributed by atoms with Crippen molar-refractivity contribution in [3.8, 4) is 0 Å². The van der Waals surface area contributed by atoms with Crippen LogP contribution in [-0.4, -0.2) is 24.5 Å². The first-order valence-electron chi connectivity index (χ1n) is 8.04. The normalized spacial score (nSPS) is 22.4. The molecule has 128 valence electrons. The highest BCUT2D eigenvalue weighted by Crippen LogP contribution is 2.42. The lowest BCUT2D eigenvalue weighted by molar-refractivity contribution is -0.171. The van der Waals surface area contributed by atoms with Crippen molar-refractivity contribution in [2.75, 3.05) is 6.79 Å². The van der Waals surface area contributed by atoms with E-state index in [4.69, 9.17) is 13.9 Å². The van der Waals surface area contributed by atoms with Gasteiger partial charge in [-0.1, -0.05) is 12.2 Å². The summed E-state index contributed by atoms with van der Waals surface area (Å²) in [6.45, 7) is 1.29. The standard InChI is InChI=1S/C19H16O6/c1-19(5-6-19)18(22)25-10-24-17(21)14-9-13(14)16(20)12-2-3-15-11(8-12)4-7-23-15/h2-8,13-14H,9-10H2,1H3. The van der Waals surface area contributed by atoms with E-state index in [9.17, 15) is 14.4 Å². The molecule has 1 fully saturated rings. The summed E-state index contributed by atoms with van der Waals surface area (Å²) < 4.78 is 15.1. The highest BCUT2D eigenvalue weighted by molar-refractivity contribution is 6.04. The van der Waals surface area contributed by atoms with Crippen LogP contribution in [0.3, 0.4) is 0 Å². The topological polar surface area (TPSA) is 82.8 Å². The van der Waals surface area contributed by atoms with Gasteiger partial charge < -0.3 is 13.9 Å². The van der Waals surface area contributed by atoms with Crippen LogP contribution in [-0.2, 0) is 19.1 Å². The third-order valence-electron chi connectivity index (χ3n) is 4.66. The number of hydrogen-bond donors (Lipinski definition) is 0. The number of ketones is 1. The van der Waals surface area contributed by atoms with Crippen LogP contribution >= 0.6 is 0 Å². The molecule has 6 nitrogen and oxygen atoms in total. The van der Waals surface area contributed by atoms with E-state index in [2.05, 4.69) is 0 Å². The highest BCUT2D eigenvalue weighted by Gasteiger charge is 2.49. The highest BCUT2D eigenvalue weighted by atomic mass is 16.7. The first kappa shape index (κ1) is 15.6. The van der Waals surface area contributed by atoms with Crippen molar-refractivity contribution in [3.05, 3.63) is 48.2 Å². The lowest BCUT2D eigenvalue weighted by atomic mass is 10.0. The van der Waals surface area contributed by atoms with Crippen LogP contribution < -0.4 is 0 Å². The second-order valence-electron chi connectivity index (χ2n) is 6.62. The van der Waals surface area contributed by atoms with Crippen molar-refractivity contribution in [2.45, 2.75) is 13.3 Å². The van der Waals surface area contributed by atoms with Gasteiger partial charge in [0.1, 0.15) is 11.0 Å². The fourth-order valence-corrected chi connectivity index (χ4v) is 2.74. The number of rotatable bonds is 6. The minimum Gasteiger partial charge on any atom is -0.464 e. The van der Waals surface area contributed by atoms with Gasteiger partial charge in [0, 0.05) is 16.9 Å². The lowest BCUT2D eigenvalue weighted by Gasteiger charge is -2.09. The molecule has 2 aliphatic rings. The Labute approximate surface area is 143 Å². The van der Waals surface area contributed by atoms with Gasteiger partial charge >= 0.3 is 11.9 Å². The quantitative estimate of drug-likeness (QED) is 0.348. The summed E-state index contributed by atoms with van der Waals surface area (Å²) in [6.07, 6.45) is 5.44. The molecule has 2 aliphatic carbocycles. The van der Waals surface area contributed by atoms with Crippen molar-refractivity contribution < 1.29 is 28.3 Å². The molecule has 1 saturated carbocycles. The van der Waals surface area contributed by atoms with E-state index < -0.39 is 30.1 Å². The average Bonchev–Trinajstić information content (AvgIpc) is 3.51. The summed E-state index contributed by atoms with van der Waals surface area (Å²) in [7, 11) is 0. The van der Waals surface area contributed by atoms with Gasteiger partial charge in [-0.25, -0.2) is 0 Å². The van der Waals surface area contributed by atoms with Crippen LogP contribution in [0.25, 0.3) is 11.0 Å². The Morgan fingerprint density at radius 3 is 2.72 bits per heavy atom. The molecule has 2 aromatic rings. The number of benzene rings is 1. The van der Waals surface area contributed by atoms with Crippen molar-refractivity contribution in [3.63, 3.8) is 0 Å². The molecule has 0 aliphatic heterocycles. The summed E-state index contributed by atoms with van der Waals surface area (Å²) in [5.41, 5.74) is 0.605. The van der Waals surface area contributed by atoms with Gasteiger partial charge in [-0.05, 0) is 37.6 Å². The van der Waals surface area contributed by atoms with Gasteiger partial charge in [-0.2, -0.15) is 0 Å². The maximum atomic E-state index is 12.5. The number of ether oxygens (including phenoxy) is 2. The van der Waals surface area contributed by atoms with Crippen molar-refractivity contribution in [2.24, 2.45) is 17.3 Å². The summed E-state index contributed by atoms with van der Waals surface area (Å²) in [5, 5.41) is 0.847. The lowest BCUT2D eigenvalue weighted by Crippen LogP contribution is -2.21. The number of Topliss-reactive ketones (excluding diaryl/α,β-unsaturated/α-hetero) is 1. The van der Waals surface area contributed by atoms with E-state index in [-0.39, 0.29) is 11.7 Å². The first-order chi connectivity index (χ1) is 12.0. The third-order valence-corrected chi connectivity index (χ3v) is 4.66. The second-order valence-corrected chi connectivity index (χ2v) is 6.62. The largest absolute Gasteiger partial charge is 0.464 e. The molecule has 25 heavy (non-hydrogen) atoms. The monoisotopic (exact) mass is 340 g/mol. The molecule has 2 unspecified atom stereocenters. The Morgan fingerprint density at radius 1 is 1.16 bits per heavy atom. The van der Waals surface area contributed by atoms with E-state index in [1.807, 2.05) is 0 Å². The number of hydrogen-bond acceptors (Lipinski definition) is 6. The molecule has 0 radical (unpaired) electrons. The van der Waals surface area contributed by atoms with Gasteiger partial charge in [-0.3, -0.25) is 14.4 Å². The summed E-state index contributed by atoms with van der Waals surface area (Å²) in [4.78, 5) is 36.0.